The zero-order valence-electron chi connectivity index (χ0n) is 15.5. The minimum absolute atomic E-state index is 0.201. The van der Waals surface area contributed by atoms with Gasteiger partial charge in [-0.2, -0.15) is 0 Å². The van der Waals surface area contributed by atoms with E-state index in [1.54, 1.807) is 12.1 Å². The number of benzene rings is 2. The van der Waals surface area contributed by atoms with Crippen LogP contribution in [0.1, 0.15) is 48.8 Å². The van der Waals surface area contributed by atoms with Crippen LogP contribution in [-0.4, -0.2) is 16.5 Å². The molecule has 0 aliphatic carbocycles. The Morgan fingerprint density at radius 1 is 0.962 bits per heavy atom. The molecule has 0 aliphatic rings. The minimum atomic E-state index is -1.17. The second-order valence-corrected chi connectivity index (χ2v) is 7.58. The van der Waals surface area contributed by atoms with Gasteiger partial charge in [-0.1, -0.05) is 25.0 Å². The molecule has 0 heterocycles. The first kappa shape index (κ1) is 20.7. The topological polar surface area (TPSA) is 52.5 Å². The molecule has 0 unspecified atom stereocenters. The summed E-state index contributed by atoms with van der Waals surface area (Å²) >= 11 is 1.53. The second kappa shape index (κ2) is 10.6. The SMILES string of the molecule is Cc1cc(F)cc(C)c1NSc1ccc(CCCCCCC(O)O)cc1. The molecule has 0 bridgehead atoms. The van der Waals surface area contributed by atoms with E-state index in [0.29, 0.717) is 6.42 Å². The summed E-state index contributed by atoms with van der Waals surface area (Å²) in [5, 5.41) is 17.6. The normalized spacial score (nSPS) is 11.2. The molecule has 0 saturated carbocycles. The van der Waals surface area contributed by atoms with Gasteiger partial charge in [0.05, 0.1) is 5.69 Å². The molecule has 0 saturated heterocycles. The molecule has 3 nitrogen and oxygen atoms in total. The minimum Gasteiger partial charge on any atom is -0.368 e. The molecule has 2 rings (SSSR count). The number of aliphatic hydroxyl groups excluding tert-OH is 1. The highest BCUT2D eigenvalue weighted by atomic mass is 32.2. The Bertz CT molecular complexity index is 666. The van der Waals surface area contributed by atoms with E-state index < -0.39 is 6.29 Å². The van der Waals surface area contributed by atoms with Crippen molar-refractivity contribution in [3.8, 4) is 0 Å². The molecule has 0 amide bonds. The molecular formula is C21H28FNO2S. The first-order valence-electron chi connectivity index (χ1n) is 9.10. The van der Waals surface area contributed by atoms with Gasteiger partial charge >= 0.3 is 0 Å². The van der Waals surface area contributed by atoms with Gasteiger partial charge in [-0.15, -0.1) is 0 Å². The predicted molar refractivity (Wildman–Crippen MR) is 107 cm³/mol. The molecule has 0 atom stereocenters. The lowest BCUT2D eigenvalue weighted by Crippen LogP contribution is -2.02. The molecule has 0 aromatic heterocycles. The number of rotatable bonds is 10. The van der Waals surface area contributed by atoms with E-state index in [0.717, 1.165) is 53.8 Å². The summed E-state index contributed by atoms with van der Waals surface area (Å²) in [5.74, 6) is -0.201. The number of halogens is 1. The molecule has 5 heteroatoms. The van der Waals surface area contributed by atoms with Crippen molar-refractivity contribution in [3.05, 3.63) is 58.9 Å². The standard InChI is InChI=1S/C21H28FNO2S/c1-15-13-18(22)14-16(2)21(15)23-26-19-11-9-17(10-12-19)7-5-3-4-6-8-20(24)25/h9-14,20,23-25H,3-8H2,1-2H3. The highest BCUT2D eigenvalue weighted by Crippen LogP contribution is 2.28. The molecule has 2 aromatic carbocycles. The van der Waals surface area contributed by atoms with Crippen molar-refractivity contribution in [2.75, 3.05) is 4.72 Å². The van der Waals surface area contributed by atoms with E-state index in [2.05, 4.69) is 29.0 Å². The number of hydrogen-bond donors (Lipinski definition) is 3. The Labute approximate surface area is 159 Å². The summed E-state index contributed by atoms with van der Waals surface area (Å²) in [6.07, 6.45) is 4.44. The lowest BCUT2D eigenvalue weighted by molar-refractivity contribution is -0.0465. The van der Waals surface area contributed by atoms with Gasteiger partial charge in [0.1, 0.15) is 5.82 Å². The van der Waals surface area contributed by atoms with Crippen LogP contribution in [0.5, 0.6) is 0 Å². The summed E-state index contributed by atoms with van der Waals surface area (Å²) in [5.41, 5.74) is 4.08. The van der Waals surface area contributed by atoms with E-state index >= 15 is 0 Å². The molecule has 0 spiro atoms. The highest BCUT2D eigenvalue weighted by molar-refractivity contribution is 8.00. The fourth-order valence-corrected chi connectivity index (χ4v) is 3.73. The Hall–Kier alpha value is -1.56. The smallest absolute Gasteiger partial charge is 0.151 e. The average Bonchev–Trinajstić information content (AvgIpc) is 2.58. The quantitative estimate of drug-likeness (QED) is 0.296. The molecular weight excluding hydrogens is 349 g/mol. The molecule has 142 valence electrons. The van der Waals surface area contributed by atoms with Crippen molar-refractivity contribution in [1.82, 2.24) is 0 Å². The largest absolute Gasteiger partial charge is 0.368 e. The van der Waals surface area contributed by atoms with E-state index in [1.165, 1.54) is 17.5 Å². The van der Waals surface area contributed by atoms with Crippen LogP contribution in [0, 0.1) is 19.7 Å². The number of nitrogens with one attached hydrogen (secondary N) is 1. The van der Waals surface area contributed by atoms with Crippen molar-refractivity contribution in [2.45, 2.75) is 63.6 Å². The third-order valence-corrected chi connectivity index (χ3v) is 5.18. The number of hydrogen-bond acceptors (Lipinski definition) is 4. The van der Waals surface area contributed by atoms with Gasteiger partial charge in [0.2, 0.25) is 0 Å². The van der Waals surface area contributed by atoms with E-state index in [4.69, 9.17) is 10.2 Å². The summed E-state index contributed by atoms with van der Waals surface area (Å²) < 4.78 is 16.7. The Morgan fingerprint density at radius 2 is 1.58 bits per heavy atom. The van der Waals surface area contributed by atoms with E-state index in [-0.39, 0.29) is 5.82 Å². The van der Waals surface area contributed by atoms with Crippen LogP contribution >= 0.6 is 11.9 Å². The lowest BCUT2D eigenvalue weighted by atomic mass is 10.1. The Kier molecular flexibility index (Phi) is 8.42. The van der Waals surface area contributed by atoms with Crippen molar-refractivity contribution < 1.29 is 14.6 Å². The van der Waals surface area contributed by atoms with Crippen LogP contribution in [0.4, 0.5) is 10.1 Å². The van der Waals surface area contributed by atoms with Crippen LogP contribution in [0.25, 0.3) is 0 Å². The van der Waals surface area contributed by atoms with Crippen LogP contribution in [-0.2, 0) is 6.42 Å². The first-order valence-corrected chi connectivity index (χ1v) is 9.92. The summed E-state index contributed by atoms with van der Waals surface area (Å²) in [6, 6.07) is 11.6. The van der Waals surface area contributed by atoms with E-state index in [1.807, 2.05) is 13.8 Å². The molecule has 0 aliphatic heterocycles. The van der Waals surface area contributed by atoms with Crippen LogP contribution < -0.4 is 4.72 Å². The van der Waals surface area contributed by atoms with E-state index in [9.17, 15) is 4.39 Å². The molecule has 0 fully saturated rings. The van der Waals surface area contributed by atoms with Gasteiger partial charge in [0.25, 0.3) is 0 Å². The van der Waals surface area contributed by atoms with Gasteiger partial charge < -0.3 is 14.9 Å². The third-order valence-electron chi connectivity index (χ3n) is 4.37. The van der Waals surface area contributed by atoms with Gasteiger partial charge in [-0.05, 0) is 92.4 Å². The number of aryl methyl sites for hydroxylation is 3. The Morgan fingerprint density at radius 3 is 2.19 bits per heavy atom. The molecule has 3 N–H and O–H groups in total. The maximum atomic E-state index is 13.4. The van der Waals surface area contributed by atoms with Crippen molar-refractivity contribution in [3.63, 3.8) is 0 Å². The van der Waals surface area contributed by atoms with Crippen molar-refractivity contribution >= 4 is 17.6 Å². The van der Waals surface area contributed by atoms with Crippen LogP contribution in [0.2, 0.25) is 0 Å². The van der Waals surface area contributed by atoms with Gasteiger partial charge in [0.15, 0.2) is 6.29 Å². The first-order chi connectivity index (χ1) is 12.5. The predicted octanol–water partition coefficient (Wildman–Crippen LogP) is 5.37. The fraction of sp³-hybridized carbons (Fsp3) is 0.429. The zero-order valence-corrected chi connectivity index (χ0v) is 16.3. The number of aliphatic hydroxyl groups is 2. The van der Waals surface area contributed by atoms with Gasteiger partial charge in [-0.25, -0.2) is 4.39 Å². The van der Waals surface area contributed by atoms with Crippen LogP contribution in [0.15, 0.2) is 41.3 Å². The maximum absolute atomic E-state index is 13.4. The van der Waals surface area contributed by atoms with Crippen LogP contribution in [0.3, 0.4) is 0 Å². The number of anilines is 1. The summed E-state index contributed by atoms with van der Waals surface area (Å²) in [6.45, 7) is 3.81. The maximum Gasteiger partial charge on any atom is 0.151 e. The molecule has 2 aromatic rings. The average molecular weight is 378 g/mol. The highest BCUT2D eigenvalue weighted by Gasteiger charge is 2.06. The monoisotopic (exact) mass is 377 g/mol. The van der Waals surface area contributed by atoms with Crippen molar-refractivity contribution in [2.24, 2.45) is 0 Å². The lowest BCUT2D eigenvalue weighted by Gasteiger charge is -2.12. The second-order valence-electron chi connectivity index (χ2n) is 6.70. The summed E-state index contributed by atoms with van der Waals surface area (Å²) in [7, 11) is 0. The molecule has 0 radical (unpaired) electrons. The van der Waals surface area contributed by atoms with Gasteiger partial charge in [-0.3, -0.25) is 0 Å². The van der Waals surface area contributed by atoms with Gasteiger partial charge in [0, 0.05) is 4.90 Å². The molecule has 26 heavy (non-hydrogen) atoms. The fourth-order valence-electron chi connectivity index (χ4n) is 2.92. The summed E-state index contributed by atoms with van der Waals surface area (Å²) in [4.78, 5) is 1.12. The van der Waals surface area contributed by atoms with Crippen molar-refractivity contribution in [1.29, 1.82) is 0 Å². The third kappa shape index (κ3) is 6.98. The number of unbranched alkanes of at least 4 members (excludes halogenated alkanes) is 3. The Balaban J connectivity index is 1.76. The zero-order chi connectivity index (χ0) is 18.9.